The number of hydrogen-bond acceptors (Lipinski definition) is 9. The molecule has 4 rings (SSSR count). The van der Waals surface area contributed by atoms with Crippen LogP contribution in [0.4, 0.5) is 5.00 Å². The molecule has 12 heteroatoms. The molecule has 3 N–H and O–H groups in total. The van der Waals surface area contributed by atoms with Crippen LogP contribution < -0.4 is 11.1 Å². The van der Waals surface area contributed by atoms with E-state index in [0.29, 0.717) is 23.1 Å². The van der Waals surface area contributed by atoms with Crippen LogP contribution in [0, 0.1) is 13.8 Å². The summed E-state index contributed by atoms with van der Waals surface area (Å²) >= 11 is 3.80. The predicted molar refractivity (Wildman–Crippen MR) is 161 cm³/mol. The normalized spacial score (nSPS) is 11.0. The first-order valence-corrected chi connectivity index (χ1v) is 15.0. The Morgan fingerprint density at radius 2 is 1.93 bits per heavy atom. The number of primary amides is 1. The van der Waals surface area contributed by atoms with E-state index in [2.05, 4.69) is 46.5 Å². The average molecular weight is 596 g/mol. The van der Waals surface area contributed by atoms with Crippen molar-refractivity contribution in [2.45, 2.75) is 45.5 Å². The van der Waals surface area contributed by atoms with Gasteiger partial charge in [0, 0.05) is 27.9 Å². The van der Waals surface area contributed by atoms with Crippen molar-refractivity contribution in [2.24, 2.45) is 5.73 Å². The van der Waals surface area contributed by atoms with Crippen molar-refractivity contribution in [2.75, 3.05) is 11.1 Å². The zero-order valence-electron chi connectivity index (χ0n) is 22.5. The number of ether oxygens (including phenoxy) is 1. The van der Waals surface area contributed by atoms with Crippen LogP contribution in [-0.2, 0) is 16.1 Å². The van der Waals surface area contributed by atoms with Gasteiger partial charge in [-0.15, -0.1) is 39.4 Å². The molecule has 3 aromatic heterocycles. The second-order valence-corrected chi connectivity index (χ2v) is 12.1. The van der Waals surface area contributed by atoms with Gasteiger partial charge in [-0.25, -0.2) is 4.79 Å². The van der Waals surface area contributed by atoms with Crippen molar-refractivity contribution in [3.63, 3.8) is 0 Å². The van der Waals surface area contributed by atoms with Crippen molar-refractivity contribution in [1.29, 1.82) is 0 Å². The van der Waals surface area contributed by atoms with E-state index < -0.39 is 11.9 Å². The molecule has 0 radical (unpaired) electrons. The number of anilines is 1. The summed E-state index contributed by atoms with van der Waals surface area (Å²) in [6.07, 6.45) is 1.38. The zero-order chi connectivity index (χ0) is 29.0. The summed E-state index contributed by atoms with van der Waals surface area (Å²) in [5, 5.41) is 14.4. The van der Waals surface area contributed by atoms with Crippen LogP contribution >= 0.6 is 34.4 Å². The average Bonchev–Trinajstić information content (AvgIpc) is 3.58. The number of hydrogen-bond donors (Lipinski definition) is 2. The maximum Gasteiger partial charge on any atom is 0.341 e. The molecule has 0 bridgehead atoms. The molecular formula is C28H29N5O4S3. The molecule has 40 heavy (non-hydrogen) atoms. The Bertz CT molecular complexity index is 1570. The number of thioether (sulfide) groups is 1. The van der Waals surface area contributed by atoms with Gasteiger partial charge in [-0.2, -0.15) is 0 Å². The highest BCUT2D eigenvalue weighted by molar-refractivity contribution is 7.99. The van der Waals surface area contributed by atoms with Gasteiger partial charge in [0.2, 0.25) is 5.91 Å². The number of allylic oxidation sites excluding steroid dienone is 1. The summed E-state index contributed by atoms with van der Waals surface area (Å²) < 4.78 is 7.24. The van der Waals surface area contributed by atoms with E-state index in [-0.39, 0.29) is 33.2 Å². The number of thiophene rings is 2. The molecule has 0 aliphatic rings. The molecule has 0 saturated carbocycles. The van der Waals surface area contributed by atoms with Crippen LogP contribution in [0.15, 0.2) is 53.5 Å². The van der Waals surface area contributed by atoms with Crippen molar-refractivity contribution >= 4 is 57.2 Å². The number of amides is 2. The predicted octanol–water partition coefficient (Wildman–Crippen LogP) is 5.93. The SMILES string of the molecule is C=CCn1c(SCC(=O)Nc2sc(C(N)=O)c(C)c2C(=O)OC(C)C)nnc1-c1csc(C)c1-c1ccccc1. The number of aryl methyl sites for hydroxylation is 1. The maximum atomic E-state index is 13.0. The van der Waals surface area contributed by atoms with E-state index in [1.807, 2.05) is 22.8 Å². The second-order valence-electron chi connectivity index (χ2n) is 9.07. The molecule has 0 unspecified atom stereocenters. The number of rotatable bonds is 11. The number of esters is 1. The first kappa shape index (κ1) is 29.2. The van der Waals surface area contributed by atoms with Gasteiger partial charge in [-0.1, -0.05) is 48.2 Å². The fraction of sp³-hybridized carbons (Fsp3) is 0.250. The maximum absolute atomic E-state index is 13.0. The first-order chi connectivity index (χ1) is 19.1. The number of aromatic nitrogens is 3. The molecule has 1 aromatic carbocycles. The summed E-state index contributed by atoms with van der Waals surface area (Å²) in [5.41, 5.74) is 9.13. The fourth-order valence-corrected chi connectivity index (χ4v) is 6.79. The largest absolute Gasteiger partial charge is 0.459 e. The highest BCUT2D eigenvalue weighted by atomic mass is 32.2. The molecular weight excluding hydrogens is 567 g/mol. The number of nitrogens with zero attached hydrogens (tertiary/aromatic N) is 3. The van der Waals surface area contributed by atoms with Crippen molar-refractivity contribution in [3.05, 3.63) is 69.2 Å². The van der Waals surface area contributed by atoms with E-state index in [0.717, 1.165) is 32.9 Å². The van der Waals surface area contributed by atoms with Gasteiger partial charge < -0.3 is 15.8 Å². The minimum Gasteiger partial charge on any atom is -0.459 e. The lowest BCUT2D eigenvalue weighted by Gasteiger charge is -2.11. The third-order valence-electron chi connectivity index (χ3n) is 5.81. The highest BCUT2D eigenvalue weighted by Crippen LogP contribution is 2.39. The van der Waals surface area contributed by atoms with Gasteiger partial charge in [0.25, 0.3) is 5.91 Å². The monoisotopic (exact) mass is 595 g/mol. The molecule has 3 heterocycles. The lowest BCUT2D eigenvalue weighted by molar-refractivity contribution is -0.113. The molecule has 0 atom stereocenters. The Labute approximate surface area is 244 Å². The Morgan fingerprint density at radius 3 is 2.58 bits per heavy atom. The molecule has 0 saturated heterocycles. The van der Waals surface area contributed by atoms with Crippen LogP contribution in [0.25, 0.3) is 22.5 Å². The van der Waals surface area contributed by atoms with Crippen LogP contribution in [0.5, 0.6) is 0 Å². The van der Waals surface area contributed by atoms with Gasteiger partial charge in [0.05, 0.1) is 22.3 Å². The smallest absolute Gasteiger partial charge is 0.341 e. The van der Waals surface area contributed by atoms with Crippen LogP contribution in [-0.4, -0.2) is 44.4 Å². The molecule has 208 valence electrons. The molecule has 0 spiro atoms. The third kappa shape index (κ3) is 6.19. The summed E-state index contributed by atoms with van der Waals surface area (Å²) in [4.78, 5) is 39.0. The van der Waals surface area contributed by atoms with Crippen molar-refractivity contribution < 1.29 is 19.1 Å². The van der Waals surface area contributed by atoms with Crippen molar-refractivity contribution in [3.8, 4) is 22.5 Å². The van der Waals surface area contributed by atoms with Crippen molar-refractivity contribution in [1.82, 2.24) is 14.8 Å². The van der Waals surface area contributed by atoms with Gasteiger partial charge in [-0.05, 0) is 38.8 Å². The van der Waals surface area contributed by atoms with E-state index in [1.165, 1.54) is 11.8 Å². The van der Waals surface area contributed by atoms with Gasteiger partial charge in [0.15, 0.2) is 11.0 Å². The number of carbonyl (C=O) groups is 3. The van der Waals surface area contributed by atoms with Gasteiger partial charge >= 0.3 is 5.97 Å². The minimum atomic E-state index is -0.681. The summed E-state index contributed by atoms with van der Waals surface area (Å²) in [6.45, 7) is 11.4. The number of carbonyl (C=O) groups excluding carboxylic acids is 3. The van der Waals surface area contributed by atoms with E-state index >= 15 is 0 Å². The summed E-state index contributed by atoms with van der Waals surface area (Å²) in [6, 6.07) is 10.1. The Hall–Kier alpha value is -3.74. The molecule has 0 aliphatic heterocycles. The Kier molecular flexibility index (Phi) is 9.23. The Morgan fingerprint density at radius 1 is 1.20 bits per heavy atom. The third-order valence-corrected chi connectivity index (χ3v) is 8.91. The lowest BCUT2D eigenvalue weighted by Crippen LogP contribution is -2.18. The summed E-state index contributed by atoms with van der Waals surface area (Å²) in [7, 11) is 0. The molecule has 2 amide bonds. The van der Waals surface area contributed by atoms with E-state index in [4.69, 9.17) is 10.5 Å². The second kappa shape index (κ2) is 12.6. The lowest BCUT2D eigenvalue weighted by atomic mass is 10.0. The molecule has 0 fully saturated rings. The standard InChI is InChI=1S/C28H29N5O4S3/c1-6-12-33-25(19-13-38-17(5)22(19)18-10-8-7-9-11-18)31-32-28(33)39-14-20(34)30-26-21(27(36)37-15(2)3)16(4)23(40-26)24(29)35/h6-11,13,15H,1,12,14H2,2-5H3,(H2,29,35)(H,30,34). The van der Waals surface area contributed by atoms with Gasteiger partial charge in [0.1, 0.15) is 5.00 Å². The summed E-state index contributed by atoms with van der Waals surface area (Å²) in [5.74, 6) is -1.02. The topological polar surface area (TPSA) is 129 Å². The fourth-order valence-electron chi connectivity index (χ4n) is 4.12. The number of nitrogens with one attached hydrogen (secondary N) is 1. The van der Waals surface area contributed by atoms with E-state index in [1.54, 1.807) is 38.2 Å². The zero-order valence-corrected chi connectivity index (χ0v) is 25.0. The van der Waals surface area contributed by atoms with Crippen LogP contribution in [0.2, 0.25) is 0 Å². The van der Waals surface area contributed by atoms with Crippen LogP contribution in [0.1, 0.15) is 44.3 Å². The molecule has 0 aliphatic carbocycles. The van der Waals surface area contributed by atoms with Gasteiger partial charge in [-0.3, -0.25) is 14.2 Å². The van der Waals surface area contributed by atoms with Crippen LogP contribution in [0.3, 0.4) is 0 Å². The number of benzene rings is 1. The van der Waals surface area contributed by atoms with E-state index in [9.17, 15) is 14.4 Å². The minimum absolute atomic E-state index is 0.00892. The number of nitrogens with two attached hydrogens (primary N) is 1. The molecule has 4 aromatic rings. The Balaban J connectivity index is 1.57. The first-order valence-electron chi connectivity index (χ1n) is 12.4. The highest BCUT2D eigenvalue weighted by Gasteiger charge is 2.27. The quantitative estimate of drug-likeness (QED) is 0.125. The molecule has 9 nitrogen and oxygen atoms in total.